The fraction of sp³-hybridized carbons (Fsp3) is 0. The minimum atomic E-state index is -0.370. The fourth-order valence-corrected chi connectivity index (χ4v) is 2.86. The van der Waals surface area contributed by atoms with Crippen molar-refractivity contribution < 1.29 is 9.53 Å². The molecule has 2 nitrogen and oxygen atoms in total. The van der Waals surface area contributed by atoms with Gasteiger partial charge in [-0.05, 0) is 57.9 Å². The quantitative estimate of drug-likeness (QED) is 0.288. The van der Waals surface area contributed by atoms with Crippen molar-refractivity contribution in [2.75, 3.05) is 0 Å². The summed E-state index contributed by atoms with van der Waals surface area (Å²) in [5.74, 6) is 2.76. The molecule has 25 heavy (non-hydrogen) atoms. The Morgan fingerprint density at radius 1 is 0.760 bits per heavy atom. The van der Waals surface area contributed by atoms with E-state index in [0.29, 0.717) is 11.3 Å². The van der Waals surface area contributed by atoms with Crippen LogP contribution in [0.3, 0.4) is 0 Å². The molecule has 0 unspecified atom stereocenters. The van der Waals surface area contributed by atoms with Crippen molar-refractivity contribution in [3.63, 3.8) is 0 Å². The number of carbonyl (C=O) groups excluding carboxylic acids is 1. The van der Waals surface area contributed by atoms with Crippen molar-refractivity contribution in [1.29, 1.82) is 0 Å². The van der Waals surface area contributed by atoms with Crippen molar-refractivity contribution in [2.45, 2.75) is 0 Å². The molecule has 0 bridgehead atoms. The van der Waals surface area contributed by atoms with Crippen LogP contribution in [0.2, 0.25) is 0 Å². The molecule has 4 aromatic carbocycles. The highest BCUT2D eigenvalue weighted by Crippen LogP contribution is 2.23. The number of hydrogen-bond acceptors (Lipinski definition) is 2. The van der Waals surface area contributed by atoms with Gasteiger partial charge in [0, 0.05) is 5.56 Å². The lowest BCUT2D eigenvalue weighted by atomic mass is 10.1. The van der Waals surface area contributed by atoms with Gasteiger partial charge >= 0.3 is 5.97 Å². The molecule has 4 rings (SSSR count). The summed E-state index contributed by atoms with van der Waals surface area (Å²) in [5, 5.41) is 4.09. The summed E-state index contributed by atoms with van der Waals surface area (Å²) in [7, 11) is 0. The monoisotopic (exact) mass is 322 g/mol. The Balaban J connectivity index is 1.63. The van der Waals surface area contributed by atoms with Crippen LogP contribution in [-0.4, -0.2) is 5.97 Å². The molecular weight excluding hydrogens is 308 g/mol. The van der Waals surface area contributed by atoms with Gasteiger partial charge in [0.05, 0.1) is 5.56 Å². The number of terminal acetylenes is 1. The molecule has 0 aliphatic rings. The van der Waals surface area contributed by atoms with Gasteiger partial charge in [-0.2, -0.15) is 0 Å². The molecule has 2 heteroatoms. The molecule has 118 valence electrons. The molecule has 0 aromatic heterocycles. The lowest BCUT2D eigenvalue weighted by Gasteiger charge is -2.07. The fourth-order valence-electron chi connectivity index (χ4n) is 2.86. The Morgan fingerprint density at radius 3 is 2.28 bits per heavy atom. The van der Waals surface area contributed by atoms with Crippen LogP contribution in [0.25, 0.3) is 21.5 Å². The van der Waals surface area contributed by atoms with E-state index >= 15 is 0 Å². The molecule has 0 spiro atoms. The smallest absolute Gasteiger partial charge is 0.343 e. The molecule has 0 atom stereocenters. The van der Waals surface area contributed by atoms with E-state index < -0.39 is 0 Å². The molecule has 0 saturated heterocycles. The molecule has 0 fully saturated rings. The third kappa shape index (κ3) is 2.96. The minimum absolute atomic E-state index is 0.370. The average Bonchev–Trinajstić information content (AvgIpc) is 2.67. The Hall–Kier alpha value is -3.57. The molecule has 0 amide bonds. The van der Waals surface area contributed by atoms with E-state index in [-0.39, 0.29) is 5.97 Å². The molecule has 0 N–H and O–H groups in total. The lowest BCUT2D eigenvalue weighted by Crippen LogP contribution is -2.08. The van der Waals surface area contributed by atoms with Crippen LogP contribution >= 0.6 is 0 Å². The van der Waals surface area contributed by atoms with Crippen LogP contribution < -0.4 is 4.74 Å². The van der Waals surface area contributed by atoms with Gasteiger partial charge < -0.3 is 4.74 Å². The van der Waals surface area contributed by atoms with Crippen molar-refractivity contribution in [3.05, 3.63) is 90.0 Å². The van der Waals surface area contributed by atoms with Crippen LogP contribution in [0.4, 0.5) is 0 Å². The maximum atomic E-state index is 12.4. The van der Waals surface area contributed by atoms with Gasteiger partial charge in [-0.1, -0.05) is 48.4 Å². The third-order valence-electron chi connectivity index (χ3n) is 4.17. The van der Waals surface area contributed by atoms with Crippen molar-refractivity contribution in [1.82, 2.24) is 0 Å². The highest BCUT2D eigenvalue weighted by molar-refractivity contribution is 5.97. The molecule has 0 radical (unpaired) electrons. The minimum Gasteiger partial charge on any atom is -0.423 e. The van der Waals surface area contributed by atoms with Crippen LogP contribution in [0.5, 0.6) is 5.75 Å². The summed E-state index contributed by atoms with van der Waals surface area (Å²) in [5.41, 5.74) is 1.36. The van der Waals surface area contributed by atoms with Crippen molar-refractivity contribution in [3.8, 4) is 18.1 Å². The van der Waals surface area contributed by atoms with Gasteiger partial charge in [0.1, 0.15) is 5.75 Å². The number of ether oxygens (including phenoxy) is 1. The van der Waals surface area contributed by atoms with E-state index in [1.165, 1.54) is 0 Å². The zero-order valence-corrected chi connectivity index (χ0v) is 13.4. The third-order valence-corrected chi connectivity index (χ3v) is 4.17. The average molecular weight is 322 g/mol. The largest absolute Gasteiger partial charge is 0.423 e. The number of benzene rings is 4. The van der Waals surface area contributed by atoms with E-state index in [1.54, 1.807) is 12.1 Å². The van der Waals surface area contributed by atoms with Crippen LogP contribution in [0, 0.1) is 12.3 Å². The van der Waals surface area contributed by atoms with E-state index in [2.05, 4.69) is 5.92 Å². The first-order chi connectivity index (χ1) is 12.2. The van der Waals surface area contributed by atoms with Gasteiger partial charge in [-0.3, -0.25) is 0 Å². The van der Waals surface area contributed by atoms with Crippen LogP contribution in [0.15, 0.2) is 78.9 Å². The number of esters is 1. The van der Waals surface area contributed by atoms with Crippen LogP contribution in [0.1, 0.15) is 15.9 Å². The summed E-state index contributed by atoms with van der Waals surface area (Å²) in [6, 6.07) is 24.7. The zero-order chi connectivity index (χ0) is 17.2. The van der Waals surface area contributed by atoms with E-state index in [9.17, 15) is 4.79 Å². The Morgan fingerprint density at radius 2 is 1.44 bits per heavy atom. The lowest BCUT2D eigenvalue weighted by molar-refractivity contribution is 0.0735. The van der Waals surface area contributed by atoms with Crippen LogP contribution in [-0.2, 0) is 0 Å². The first-order valence-electron chi connectivity index (χ1n) is 7.94. The Kier molecular flexibility index (Phi) is 3.68. The molecule has 0 aliphatic carbocycles. The van der Waals surface area contributed by atoms with Gasteiger partial charge in [0.2, 0.25) is 0 Å². The maximum absolute atomic E-state index is 12.4. The summed E-state index contributed by atoms with van der Waals surface area (Å²) in [6.07, 6.45) is 5.42. The second-order valence-corrected chi connectivity index (χ2v) is 5.82. The van der Waals surface area contributed by atoms with E-state index in [0.717, 1.165) is 27.1 Å². The number of fused-ring (bicyclic) bond motifs is 2. The number of rotatable bonds is 2. The number of hydrogen-bond donors (Lipinski definition) is 0. The normalized spacial score (nSPS) is 10.5. The van der Waals surface area contributed by atoms with Gasteiger partial charge in [-0.15, -0.1) is 6.42 Å². The second kappa shape index (κ2) is 6.14. The molecule has 0 saturated carbocycles. The van der Waals surface area contributed by atoms with Crippen molar-refractivity contribution in [2.24, 2.45) is 0 Å². The topological polar surface area (TPSA) is 26.3 Å². The zero-order valence-electron chi connectivity index (χ0n) is 13.4. The van der Waals surface area contributed by atoms with E-state index in [1.807, 2.05) is 66.7 Å². The molecule has 4 aromatic rings. The Bertz CT molecular complexity index is 1150. The summed E-state index contributed by atoms with van der Waals surface area (Å²) < 4.78 is 5.53. The first kappa shape index (κ1) is 15.0. The predicted molar refractivity (Wildman–Crippen MR) is 101 cm³/mol. The standard InChI is InChI=1S/C23H14O2/c1-2-16-7-8-20-15-22(12-11-19(20)13-16)25-23(24)21-10-9-17-5-3-4-6-18(17)14-21/h1,3-15H. The van der Waals surface area contributed by atoms with Gasteiger partial charge in [-0.25, -0.2) is 4.79 Å². The van der Waals surface area contributed by atoms with Gasteiger partial charge in [0.25, 0.3) is 0 Å². The summed E-state index contributed by atoms with van der Waals surface area (Å²) in [4.78, 5) is 12.4. The predicted octanol–water partition coefficient (Wildman–Crippen LogP) is 5.19. The molecule has 0 aliphatic heterocycles. The second-order valence-electron chi connectivity index (χ2n) is 5.82. The first-order valence-corrected chi connectivity index (χ1v) is 7.94. The summed E-state index contributed by atoms with van der Waals surface area (Å²) >= 11 is 0. The van der Waals surface area contributed by atoms with Gasteiger partial charge in [0.15, 0.2) is 0 Å². The highest BCUT2D eigenvalue weighted by Gasteiger charge is 2.10. The van der Waals surface area contributed by atoms with E-state index in [4.69, 9.17) is 11.2 Å². The number of carbonyl (C=O) groups is 1. The summed E-state index contributed by atoms with van der Waals surface area (Å²) in [6.45, 7) is 0. The SMILES string of the molecule is C#Cc1ccc2cc(OC(=O)c3ccc4ccccc4c3)ccc2c1. The molecule has 0 heterocycles. The molecular formula is C23H14O2. The highest BCUT2D eigenvalue weighted by atomic mass is 16.5. The maximum Gasteiger partial charge on any atom is 0.343 e. The van der Waals surface area contributed by atoms with Crippen molar-refractivity contribution >= 4 is 27.5 Å². The Labute approximate surface area is 145 Å².